The van der Waals surface area contributed by atoms with Crippen molar-refractivity contribution in [1.82, 2.24) is 15.2 Å². The molecule has 0 aliphatic heterocycles. The van der Waals surface area contributed by atoms with Crippen LogP contribution < -0.4 is 5.43 Å². The SMILES string of the molecule is C[C@H](Cn1cc([N+](=O)[O-])cn1)C(=O)N/N=C\c1ccc(F)s1. The molecule has 2 rings (SSSR count). The van der Waals surface area contributed by atoms with Crippen LogP contribution in [0.2, 0.25) is 0 Å². The lowest BCUT2D eigenvalue weighted by Crippen LogP contribution is -2.28. The second-order valence-corrected chi connectivity index (χ2v) is 5.52. The van der Waals surface area contributed by atoms with E-state index in [2.05, 4.69) is 15.6 Å². The molecule has 2 heterocycles. The molecule has 116 valence electrons. The second-order valence-electron chi connectivity index (χ2n) is 4.45. The number of amides is 1. The fourth-order valence-electron chi connectivity index (χ4n) is 1.58. The van der Waals surface area contributed by atoms with Crippen molar-refractivity contribution in [3.05, 3.63) is 44.6 Å². The molecule has 0 unspecified atom stereocenters. The third-order valence-corrected chi connectivity index (χ3v) is 3.51. The Balaban J connectivity index is 1.86. The van der Waals surface area contributed by atoms with Crippen molar-refractivity contribution in [2.24, 2.45) is 11.0 Å². The largest absolute Gasteiger partial charge is 0.306 e. The van der Waals surface area contributed by atoms with E-state index in [-0.39, 0.29) is 23.3 Å². The van der Waals surface area contributed by atoms with Crippen molar-refractivity contribution in [3.63, 3.8) is 0 Å². The molecule has 0 spiro atoms. The molecule has 1 amide bonds. The van der Waals surface area contributed by atoms with Gasteiger partial charge in [-0.1, -0.05) is 6.92 Å². The zero-order valence-corrected chi connectivity index (χ0v) is 12.3. The Bertz CT molecular complexity index is 711. The van der Waals surface area contributed by atoms with Gasteiger partial charge in [-0.15, -0.1) is 11.3 Å². The van der Waals surface area contributed by atoms with Crippen LogP contribution in [0, 0.1) is 21.2 Å². The van der Waals surface area contributed by atoms with Crippen molar-refractivity contribution in [2.45, 2.75) is 13.5 Å². The standard InChI is InChI=1S/C12H12FN5O3S/c1-8(6-17-7-9(4-15-17)18(20)21)12(19)16-14-5-10-2-3-11(13)22-10/h2-5,7-8H,6H2,1H3,(H,16,19)/b14-5-/t8-/m1/s1. The normalized spacial score (nSPS) is 12.5. The van der Waals surface area contributed by atoms with Crippen LogP contribution in [-0.4, -0.2) is 26.8 Å². The third kappa shape index (κ3) is 4.19. The number of thiophene rings is 1. The number of hydrazone groups is 1. The van der Waals surface area contributed by atoms with Crippen LogP contribution in [0.3, 0.4) is 0 Å². The number of hydrogen-bond donors (Lipinski definition) is 1. The van der Waals surface area contributed by atoms with Gasteiger partial charge in [0, 0.05) is 0 Å². The number of carbonyl (C=O) groups excluding carboxylic acids is 1. The highest BCUT2D eigenvalue weighted by Gasteiger charge is 2.16. The van der Waals surface area contributed by atoms with Gasteiger partial charge in [0.1, 0.15) is 12.4 Å². The molecule has 0 radical (unpaired) electrons. The summed E-state index contributed by atoms with van der Waals surface area (Å²) in [5, 5.41) is 17.7. The monoisotopic (exact) mass is 325 g/mol. The summed E-state index contributed by atoms with van der Waals surface area (Å²) in [5.74, 6) is -0.858. The molecule has 10 heteroatoms. The Morgan fingerprint density at radius 2 is 2.45 bits per heavy atom. The first-order chi connectivity index (χ1) is 10.5. The van der Waals surface area contributed by atoms with Crippen LogP contribution in [-0.2, 0) is 11.3 Å². The predicted octanol–water partition coefficient (Wildman–Crippen LogP) is 1.78. The molecule has 8 nitrogen and oxygen atoms in total. The van der Waals surface area contributed by atoms with Gasteiger partial charge in [0.05, 0.1) is 28.5 Å². The fourth-order valence-corrected chi connectivity index (χ4v) is 2.18. The van der Waals surface area contributed by atoms with Crippen LogP contribution in [0.25, 0.3) is 0 Å². The maximum atomic E-state index is 12.8. The van der Waals surface area contributed by atoms with Gasteiger partial charge in [-0.25, -0.2) is 5.43 Å². The zero-order chi connectivity index (χ0) is 16.1. The summed E-state index contributed by atoms with van der Waals surface area (Å²) in [6, 6.07) is 2.85. The molecule has 0 aliphatic rings. The number of carbonyl (C=O) groups is 1. The molecule has 2 aromatic heterocycles. The lowest BCUT2D eigenvalue weighted by atomic mass is 10.2. The summed E-state index contributed by atoms with van der Waals surface area (Å²) in [7, 11) is 0. The van der Waals surface area contributed by atoms with Gasteiger partial charge in [-0.2, -0.15) is 14.6 Å². The molecule has 0 saturated carbocycles. The van der Waals surface area contributed by atoms with Gasteiger partial charge in [0.25, 0.3) is 0 Å². The maximum Gasteiger partial charge on any atom is 0.306 e. The van der Waals surface area contributed by atoms with Crippen molar-refractivity contribution in [2.75, 3.05) is 0 Å². The van der Waals surface area contributed by atoms with E-state index in [0.717, 1.165) is 17.5 Å². The number of hydrogen-bond acceptors (Lipinski definition) is 6. The van der Waals surface area contributed by atoms with Crippen molar-refractivity contribution in [1.29, 1.82) is 0 Å². The first-order valence-electron chi connectivity index (χ1n) is 6.21. The second kappa shape index (κ2) is 6.89. The van der Waals surface area contributed by atoms with Crippen LogP contribution >= 0.6 is 11.3 Å². The van der Waals surface area contributed by atoms with Gasteiger partial charge in [-0.3, -0.25) is 19.6 Å². The summed E-state index contributed by atoms with van der Waals surface area (Å²) in [4.78, 5) is 22.4. The minimum absolute atomic E-state index is 0.134. The van der Waals surface area contributed by atoms with E-state index < -0.39 is 10.8 Å². The molecule has 0 aliphatic carbocycles. The van der Waals surface area contributed by atoms with Crippen molar-refractivity contribution < 1.29 is 14.1 Å². The Morgan fingerprint density at radius 3 is 3.05 bits per heavy atom. The average molecular weight is 325 g/mol. The Morgan fingerprint density at radius 1 is 1.68 bits per heavy atom. The summed E-state index contributed by atoms with van der Waals surface area (Å²) < 4.78 is 14.1. The maximum absolute atomic E-state index is 12.8. The van der Waals surface area contributed by atoms with Crippen molar-refractivity contribution >= 4 is 29.1 Å². The summed E-state index contributed by atoms with van der Waals surface area (Å²) in [6.07, 6.45) is 3.71. The van der Waals surface area contributed by atoms with E-state index in [1.165, 1.54) is 23.2 Å². The number of halogens is 1. The molecule has 0 bridgehead atoms. The molecule has 22 heavy (non-hydrogen) atoms. The van der Waals surface area contributed by atoms with Gasteiger partial charge in [-0.05, 0) is 12.1 Å². The fraction of sp³-hybridized carbons (Fsp3) is 0.250. The van der Waals surface area contributed by atoms with Crippen LogP contribution in [0.15, 0.2) is 29.6 Å². The van der Waals surface area contributed by atoms with E-state index in [4.69, 9.17) is 0 Å². The van der Waals surface area contributed by atoms with E-state index in [1.807, 2.05) is 0 Å². The van der Waals surface area contributed by atoms with E-state index >= 15 is 0 Å². The Kier molecular flexibility index (Phi) is 4.94. The van der Waals surface area contributed by atoms with E-state index in [1.54, 1.807) is 13.0 Å². The quantitative estimate of drug-likeness (QED) is 0.497. The minimum Gasteiger partial charge on any atom is -0.273 e. The van der Waals surface area contributed by atoms with Crippen LogP contribution in [0.5, 0.6) is 0 Å². The van der Waals surface area contributed by atoms with E-state index in [0.29, 0.717) is 4.88 Å². The molecule has 0 aromatic carbocycles. The van der Waals surface area contributed by atoms with Gasteiger partial charge in [0.15, 0.2) is 5.13 Å². The highest BCUT2D eigenvalue weighted by atomic mass is 32.1. The summed E-state index contributed by atoms with van der Waals surface area (Å²) in [6.45, 7) is 1.83. The number of rotatable bonds is 6. The molecule has 2 aromatic rings. The number of nitro groups is 1. The number of nitrogens with zero attached hydrogens (tertiary/aromatic N) is 4. The van der Waals surface area contributed by atoms with E-state index in [9.17, 15) is 19.3 Å². The first-order valence-corrected chi connectivity index (χ1v) is 7.02. The zero-order valence-electron chi connectivity index (χ0n) is 11.5. The Hall–Kier alpha value is -2.62. The predicted molar refractivity (Wildman–Crippen MR) is 78.1 cm³/mol. The molecular formula is C12H12FN5O3S. The minimum atomic E-state index is -0.557. The smallest absolute Gasteiger partial charge is 0.273 e. The summed E-state index contributed by atoms with van der Waals surface area (Å²) >= 11 is 0.911. The molecule has 1 atom stereocenters. The van der Waals surface area contributed by atoms with Gasteiger partial charge < -0.3 is 0 Å². The lowest BCUT2D eigenvalue weighted by Gasteiger charge is -2.08. The van der Waals surface area contributed by atoms with Gasteiger partial charge in [0.2, 0.25) is 5.91 Å². The van der Waals surface area contributed by atoms with Crippen LogP contribution in [0.1, 0.15) is 11.8 Å². The summed E-state index contributed by atoms with van der Waals surface area (Å²) in [5.41, 5.74) is 2.20. The average Bonchev–Trinajstić information content (AvgIpc) is 3.08. The van der Waals surface area contributed by atoms with Crippen molar-refractivity contribution in [3.8, 4) is 0 Å². The third-order valence-electron chi connectivity index (χ3n) is 2.70. The molecule has 1 N–H and O–H groups in total. The highest BCUT2D eigenvalue weighted by Crippen LogP contribution is 2.12. The number of aromatic nitrogens is 2. The lowest BCUT2D eigenvalue weighted by molar-refractivity contribution is -0.385. The highest BCUT2D eigenvalue weighted by molar-refractivity contribution is 7.12. The van der Waals surface area contributed by atoms with Crippen LogP contribution in [0.4, 0.5) is 10.1 Å². The Labute approximate surface area is 128 Å². The molecule has 0 saturated heterocycles. The first kappa shape index (κ1) is 15.8. The molecule has 0 fully saturated rings. The van der Waals surface area contributed by atoms with Gasteiger partial charge >= 0.3 is 5.69 Å². The molecular weight excluding hydrogens is 313 g/mol. The topological polar surface area (TPSA) is 102 Å². The number of nitrogens with one attached hydrogen (secondary N) is 1.